The fourth-order valence-corrected chi connectivity index (χ4v) is 6.65. The molecular formula is C34H38N4O5S. The van der Waals surface area contributed by atoms with Crippen molar-refractivity contribution < 1.29 is 22.7 Å². The first kappa shape index (κ1) is 31.4. The summed E-state index contributed by atoms with van der Waals surface area (Å²) in [4.78, 5) is 34.6. The fourth-order valence-electron chi connectivity index (χ4n) is 5.86. The summed E-state index contributed by atoms with van der Waals surface area (Å²) in [6.45, 7) is 3.80. The van der Waals surface area contributed by atoms with Gasteiger partial charge in [0.2, 0.25) is 0 Å². The van der Waals surface area contributed by atoms with Crippen molar-refractivity contribution >= 4 is 21.5 Å². The minimum atomic E-state index is -3.09. The molecule has 0 aliphatic carbocycles. The topological polar surface area (TPSA) is 121 Å². The van der Waals surface area contributed by atoms with Crippen LogP contribution in [0.15, 0.2) is 66.9 Å². The maximum Gasteiger partial charge on any atom is 0.272 e. The summed E-state index contributed by atoms with van der Waals surface area (Å²) in [6.07, 6.45) is 6.46. The van der Waals surface area contributed by atoms with E-state index in [9.17, 15) is 18.0 Å². The molecule has 0 spiro atoms. The number of nitriles is 1. The standard InChI is InChI=1S/C34H38N4O5S/c1-44(41,42)24-28-6-9-30(10-7-28)43-31-14-18-38(19-15-31)34(40)32-11-8-29(22-36-32)33(39)20-25-12-16-37(17-13-25)23-27-4-2-26(21-35)3-5-27/h2-11,22,25,31H,12-20,23-24H2,1H3. The smallest absolute Gasteiger partial charge is 0.272 e. The number of amides is 1. The second kappa shape index (κ2) is 14.1. The summed E-state index contributed by atoms with van der Waals surface area (Å²) in [5, 5.41) is 8.97. The normalized spacial score (nSPS) is 16.8. The van der Waals surface area contributed by atoms with E-state index >= 15 is 0 Å². The average molecular weight is 615 g/mol. The average Bonchev–Trinajstić information content (AvgIpc) is 3.03. The quantitative estimate of drug-likeness (QED) is 0.302. The molecule has 0 radical (unpaired) electrons. The molecule has 0 bridgehead atoms. The minimum absolute atomic E-state index is 0.000760. The van der Waals surface area contributed by atoms with Gasteiger partial charge in [-0.1, -0.05) is 24.3 Å². The zero-order valence-corrected chi connectivity index (χ0v) is 25.8. The Bertz CT molecular complexity index is 1580. The molecule has 3 heterocycles. The highest BCUT2D eigenvalue weighted by atomic mass is 32.2. The summed E-state index contributed by atoms with van der Waals surface area (Å²) in [7, 11) is -3.09. The van der Waals surface area contributed by atoms with Crippen LogP contribution in [0.1, 0.15) is 69.6 Å². The number of pyridine rings is 1. The predicted octanol–water partition coefficient (Wildman–Crippen LogP) is 4.67. The van der Waals surface area contributed by atoms with Gasteiger partial charge < -0.3 is 9.64 Å². The van der Waals surface area contributed by atoms with Gasteiger partial charge in [0.05, 0.1) is 17.4 Å². The zero-order valence-electron chi connectivity index (χ0n) is 25.0. The third-order valence-electron chi connectivity index (χ3n) is 8.36. The highest BCUT2D eigenvalue weighted by molar-refractivity contribution is 7.89. The summed E-state index contributed by atoms with van der Waals surface area (Å²) in [5.41, 5.74) is 3.44. The van der Waals surface area contributed by atoms with E-state index < -0.39 is 9.84 Å². The van der Waals surface area contributed by atoms with Gasteiger partial charge in [0.15, 0.2) is 15.6 Å². The van der Waals surface area contributed by atoms with Gasteiger partial charge >= 0.3 is 0 Å². The molecule has 2 fully saturated rings. The number of aromatic nitrogens is 1. The number of hydrogen-bond acceptors (Lipinski definition) is 8. The molecule has 0 unspecified atom stereocenters. The first-order valence-electron chi connectivity index (χ1n) is 15.1. The number of piperidine rings is 2. The van der Waals surface area contributed by atoms with E-state index in [0.29, 0.717) is 60.8 Å². The number of ether oxygens (including phenoxy) is 1. The molecule has 1 amide bonds. The molecule has 0 N–H and O–H groups in total. The molecule has 10 heteroatoms. The van der Waals surface area contributed by atoms with Gasteiger partial charge in [-0.25, -0.2) is 8.42 Å². The van der Waals surface area contributed by atoms with Crippen LogP contribution in [0.25, 0.3) is 0 Å². The number of ketones is 1. The summed E-state index contributed by atoms with van der Waals surface area (Å²) >= 11 is 0. The maximum absolute atomic E-state index is 13.1. The van der Waals surface area contributed by atoms with Crippen molar-refractivity contribution in [2.75, 3.05) is 32.4 Å². The molecule has 5 rings (SSSR count). The van der Waals surface area contributed by atoms with Gasteiger partial charge in [0, 0.05) is 56.9 Å². The van der Waals surface area contributed by atoms with Crippen LogP contribution in [0.4, 0.5) is 0 Å². The lowest BCUT2D eigenvalue weighted by molar-refractivity contribution is 0.0589. The van der Waals surface area contributed by atoms with E-state index in [4.69, 9.17) is 10.00 Å². The SMILES string of the molecule is CS(=O)(=O)Cc1ccc(OC2CCN(C(=O)c3ccc(C(=O)CC4CCN(Cc5ccc(C#N)cc5)CC4)cn3)CC2)cc1. The molecule has 9 nitrogen and oxygen atoms in total. The molecule has 44 heavy (non-hydrogen) atoms. The van der Waals surface area contributed by atoms with Crippen molar-refractivity contribution in [3.05, 3.63) is 94.8 Å². The van der Waals surface area contributed by atoms with E-state index in [1.165, 1.54) is 18.0 Å². The Morgan fingerprint density at radius 2 is 1.57 bits per heavy atom. The van der Waals surface area contributed by atoms with Crippen LogP contribution >= 0.6 is 0 Å². The Hall–Kier alpha value is -4.07. The van der Waals surface area contributed by atoms with Gasteiger partial charge in [-0.3, -0.25) is 19.5 Å². The van der Waals surface area contributed by atoms with E-state index in [0.717, 1.165) is 38.0 Å². The maximum atomic E-state index is 13.1. The number of nitrogens with zero attached hydrogens (tertiary/aromatic N) is 4. The molecule has 2 saturated heterocycles. The first-order chi connectivity index (χ1) is 21.1. The number of benzene rings is 2. The van der Waals surface area contributed by atoms with Crippen LogP contribution in [0.5, 0.6) is 5.75 Å². The summed E-state index contributed by atoms with van der Waals surface area (Å²) in [5.74, 6) is 0.920. The number of rotatable bonds is 10. The van der Waals surface area contributed by atoms with E-state index in [1.807, 2.05) is 24.3 Å². The minimum Gasteiger partial charge on any atom is -0.490 e. The Labute approximate surface area is 259 Å². The molecule has 0 saturated carbocycles. The molecule has 2 aromatic carbocycles. The van der Waals surface area contributed by atoms with E-state index in [2.05, 4.69) is 16.0 Å². The van der Waals surface area contributed by atoms with Crippen LogP contribution in [-0.4, -0.2) is 73.4 Å². The summed E-state index contributed by atoms with van der Waals surface area (Å²) in [6, 6.07) is 20.3. The summed E-state index contributed by atoms with van der Waals surface area (Å²) < 4.78 is 29.0. The highest BCUT2D eigenvalue weighted by Crippen LogP contribution is 2.25. The Morgan fingerprint density at radius 3 is 2.16 bits per heavy atom. The number of carbonyl (C=O) groups excluding carboxylic acids is 2. The monoisotopic (exact) mass is 614 g/mol. The Kier molecular flexibility index (Phi) is 10.1. The largest absolute Gasteiger partial charge is 0.490 e. The number of Topliss-reactive ketones (excluding diaryl/α,β-unsaturated/α-hetero) is 1. The van der Waals surface area contributed by atoms with Crippen LogP contribution in [0.3, 0.4) is 0 Å². The molecule has 230 valence electrons. The van der Waals surface area contributed by atoms with Crippen molar-refractivity contribution in [2.45, 2.75) is 50.5 Å². The van der Waals surface area contributed by atoms with E-state index in [-0.39, 0.29) is 23.5 Å². The predicted molar refractivity (Wildman–Crippen MR) is 167 cm³/mol. The van der Waals surface area contributed by atoms with Gasteiger partial charge in [-0.2, -0.15) is 5.26 Å². The van der Waals surface area contributed by atoms with Crippen molar-refractivity contribution in [3.63, 3.8) is 0 Å². The van der Waals surface area contributed by atoms with Crippen LogP contribution in [0, 0.1) is 17.2 Å². The lowest BCUT2D eigenvalue weighted by Crippen LogP contribution is -2.42. The first-order valence-corrected chi connectivity index (χ1v) is 17.1. The van der Waals surface area contributed by atoms with Crippen LogP contribution in [0.2, 0.25) is 0 Å². The van der Waals surface area contributed by atoms with Gasteiger partial charge in [-0.15, -0.1) is 0 Å². The molecule has 2 aliphatic heterocycles. The van der Waals surface area contributed by atoms with E-state index in [1.54, 1.807) is 41.3 Å². The third-order valence-corrected chi connectivity index (χ3v) is 9.22. The lowest BCUT2D eigenvalue weighted by Gasteiger charge is -2.32. The van der Waals surface area contributed by atoms with Crippen LogP contribution in [-0.2, 0) is 22.1 Å². The third kappa shape index (κ3) is 8.74. The van der Waals surface area contributed by atoms with Gasteiger partial charge in [0.25, 0.3) is 5.91 Å². The van der Waals surface area contributed by atoms with Crippen molar-refractivity contribution in [3.8, 4) is 11.8 Å². The number of hydrogen-bond donors (Lipinski definition) is 0. The number of carbonyl (C=O) groups is 2. The molecule has 1 aromatic heterocycles. The molecular weight excluding hydrogens is 576 g/mol. The lowest BCUT2D eigenvalue weighted by atomic mass is 9.90. The van der Waals surface area contributed by atoms with Crippen molar-refractivity contribution in [1.82, 2.24) is 14.8 Å². The van der Waals surface area contributed by atoms with Crippen molar-refractivity contribution in [2.24, 2.45) is 5.92 Å². The zero-order chi connectivity index (χ0) is 31.1. The van der Waals surface area contributed by atoms with Gasteiger partial charge in [0.1, 0.15) is 17.5 Å². The molecule has 2 aliphatic rings. The Morgan fingerprint density at radius 1 is 0.909 bits per heavy atom. The highest BCUT2D eigenvalue weighted by Gasteiger charge is 2.26. The number of likely N-dealkylation sites (tertiary alicyclic amines) is 2. The second-order valence-corrected chi connectivity index (χ2v) is 14.1. The Balaban J connectivity index is 1.04. The second-order valence-electron chi connectivity index (χ2n) is 11.9. The molecule has 0 atom stereocenters. The van der Waals surface area contributed by atoms with Crippen molar-refractivity contribution in [1.29, 1.82) is 5.26 Å². The molecule has 3 aromatic rings. The number of sulfone groups is 1. The van der Waals surface area contributed by atoms with Gasteiger partial charge in [-0.05, 0) is 79.4 Å². The van der Waals surface area contributed by atoms with Crippen LogP contribution < -0.4 is 4.74 Å². The fraction of sp³-hybridized carbons (Fsp3) is 0.412.